The van der Waals surface area contributed by atoms with Crippen LogP contribution in [0.4, 0.5) is 15.9 Å². The summed E-state index contributed by atoms with van der Waals surface area (Å²) in [5.41, 5.74) is 8.48. The number of rotatable bonds is 6. The minimum atomic E-state index is -3.89. The second-order valence-corrected chi connectivity index (χ2v) is 11.7. The van der Waals surface area contributed by atoms with Crippen LogP contribution in [0.25, 0.3) is 21.8 Å². The number of fused-ring (bicyclic) bond motifs is 3. The number of nitrogens with two attached hydrogens (primary N) is 1. The van der Waals surface area contributed by atoms with Crippen molar-refractivity contribution >= 4 is 49.1 Å². The Morgan fingerprint density at radius 2 is 1.85 bits per heavy atom. The Balaban J connectivity index is 1.46. The van der Waals surface area contributed by atoms with Crippen LogP contribution in [0.3, 0.4) is 0 Å². The van der Waals surface area contributed by atoms with Gasteiger partial charge in [-0.2, -0.15) is 5.10 Å². The van der Waals surface area contributed by atoms with Gasteiger partial charge >= 0.3 is 0 Å². The van der Waals surface area contributed by atoms with E-state index < -0.39 is 21.6 Å². The van der Waals surface area contributed by atoms with Crippen molar-refractivity contribution in [3.63, 3.8) is 0 Å². The lowest BCUT2D eigenvalue weighted by Gasteiger charge is -2.25. The van der Waals surface area contributed by atoms with E-state index in [0.29, 0.717) is 28.6 Å². The highest BCUT2D eigenvalue weighted by molar-refractivity contribution is 7.90. The first-order valence-electron chi connectivity index (χ1n) is 12.2. The Kier molecular flexibility index (Phi) is 5.79. The molecular weight excluding hydrogens is 521 g/mol. The van der Waals surface area contributed by atoms with Crippen LogP contribution in [0.2, 0.25) is 0 Å². The molecule has 0 unspecified atom stereocenters. The molecule has 3 heterocycles. The molecule has 198 valence electrons. The quantitative estimate of drug-likeness (QED) is 0.341. The van der Waals surface area contributed by atoms with Crippen molar-refractivity contribution in [1.29, 1.82) is 0 Å². The number of amides is 1. The van der Waals surface area contributed by atoms with Crippen molar-refractivity contribution in [2.24, 2.45) is 7.05 Å². The number of sulfone groups is 1. The van der Waals surface area contributed by atoms with Crippen LogP contribution in [0.15, 0.2) is 59.9 Å². The third-order valence-electron chi connectivity index (χ3n) is 6.83. The molecule has 0 saturated heterocycles. The molecule has 1 aliphatic carbocycles. The number of halogens is 1. The highest BCUT2D eigenvalue weighted by Gasteiger charge is 2.29. The number of hydrogen-bond acceptors (Lipinski definition) is 8. The highest BCUT2D eigenvalue weighted by Crippen LogP contribution is 2.38. The van der Waals surface area contributed by atoms with Gasteiger partial charge in [0.05, 0.1) is 45.3 Å². The van der Waals surface area contributed by atoms with E-state index in [-0.39, 0.29) is 22.7 Å². The minimum absolute atomic E-state index is 0.0295. The zero-order valence-electron chi connectivity index (χ0n) is 21.2. The summed E-state index contributed by atoms with van der Waals surface area (Å²) in [7, 11) is -2.07. The zero-order valence-corrected chi connectivity index (χ0v) is 22.0. The summed E-state index contributed by atoms with van der Waals surface area (Å²) in [6, 6.07) is 8.80. The monoisotopic (exact) mass is 545 g/mol. The largest absolute Gasteiger partial charge is 0.383 e. The summed E-state index contributed by atoms with van der Waals surface area (Å²) in [6.45, 7) is -0.0295. The van der Waals surface area contributed by atoms with Crippen LogP contribution in [-0.4, -0.2) is 45.3 Å². The van der Waals surface area contributed by atoms with Gasteiger partial charge in [-0.25, -0.2) is 27.8 Å². The van der Waals surface area contributed by atoms with Gasteiger partial charge in [0.15, 0.2) is 9.84 Å². The van der Waals surface area contributed by atoms with Gasteiger partial charge in [-0.1, -0.05) is 12.1 Å². The summed E-state index contributed by atoms with van der Waals surface area (Å²) >= 11 is 0. The van der Waals surface area contributed by atoms with Gasteiger partial charge < -0.3 is 10.6 Å². The van der Waals surface area contributed by atoms with Crippen molar-refractivity contribution in [2.75, 3.05) is 16.9 Å². The molecular formula is C27H24FN7O3S. The number of nitrogens with zero attached hydrogens (tertiary/aromatic N) is 6. The first kappa shape index (κ1) is 24.9. The standard InChI is InChI=1S/C27H24FN7O3S/c1-34-24-19-7-3-15(9-21(19)33-25(29)20(24)13-32-34)14-35(22-8-6-18(28)10-23(22)39(2,37)38)27(36)17-11-30-26(31-12-17)16-4-5-16/h3,6-13,16H,4-5,14H2,1-2H3,(H2,29,33). The molecule has 5 aromatic rings. The molecule has 1 fully saturated rings. The van der Waals surface area contributed by atoms with E-state index in [1.54, 1.807) is 16.9 Å². The average Bonchev–Trinajstić information content (AvgIpc) is 3.68. The third-order valence-corrected chi connectivity index (χ3v) is 7.96. The van der Waals surface area contributed by atoms with Crippen molar-refractivity contribution in [2.45, 2.75) is 30.2 Å². The van der Waals surface area contributed by atoms with Crippen LogP contribution in [0.5, 0.6) is 0 Å². The lowest BCUT2D eigenvalue weighted by atomic mass is 10.1. The molecule has 0 bridgehead atoms. The molecule has 2 aromatic carbocycles. The summed E-state index contributed by atoms with van der Waals surface area (Å²) < 4.78 is 41.1. The Morgan fingerprint density at radius 3 is 2.54 bits per heavy atom. The molecule has 0 radical (unpaired) electrons. The summed E-state index contributed by atoms with van der Waals surface area (Å²) in [4.78, 5) is 28.0. The zero-order chi connectivity index (χ0) is 27.5. The van der Waals surface area contributed by atoms with Crippen molar-refractivity contribution in [3.8, 4) is 0 Å². The van der Waals surface area contributed by atoms with Gasteiger partial charge in [0.1, 0.15) is 17.5 Å². The van der Waals surface area contributed by atoms with Crippen LogP contribution < -0.4 is 10.6 Å². The molecule has 3 aromatic heterocycles. The van der Waals surface area contributed by atoms with E-state index in [1.807, 2.05) is 19.2 Å². The molecule has 1 saturated carbocycles. The molecule has 1 amide bonds. The van der Waals surface area contributed by atoms with Crippen LogP contribution in [-0.2, 0) is 23.4 Å². The van der Waals surface area contributed by atoms with Gasteiger partial charge in [-0.05, 0) is 42.7 Å². The Bertz CT molecular complexity index is 1880. The predicted molar refractivity (Wildman–Crippen MR) is 144 cm³/mol. The summed E-state index contributed by atoms with van der Waals surface area (Å²) in [5, 5.41) is 5.83. The fraction of sp³-hybridized carbons (Fsp3) is 0.222. The van der Waals surface area contributed by atoms with Gasteiger partial charge in [0.25, 0.3) is 5.91 Å². The Hall–Kier alpha value is -4.45. The number of benzene rings is 2. The maximum atomic E-state index is 14.1. The van der Waals surface area contributed by atoms with Crippen molar-refractivity contribution < 1.29 is 17.6 Å². The lowest BCUT2D eigenvalue weighted by Crippen LogP contribution is -2.32. The number of aryl methyl sites for hydroxylation is 1. The van der Waals surface area contributed by atoms with Gasteiger partial charge in [0, 0.05) is 37.0 Å². The number of carbonyl (C=O) groups excluding carboxylic acids is 1. The maximum absolute atomic E-state index is 14.1. The van der Waals surface area contributed by atoms with Crippen LogP contribution in [0.1, 0.15) is 40.5 Å². The second kappa shape index (κ2) is 9.09. The molecule has 1 aliphatic rings. The fourth-order valence-corrected chi connectivity index (χ4v) is 5.60. The maximum Gasteiger partial charge on any atom is 0.261 e. The average molecular weight is 546 g/mol. The summed E-state index contributed by atoms with van der Waals surface area (Å²) in [6.07, 6.45) is 7.55. The molecule has 0 spiro atoms. The van der Waals surface area contributed by atoms with Crippen molar-refractivity contribution in [1.82, 2.24) is 24.7 Å². The number of pyridine rings is 1. The predicted octanol–water partition coefficient (Wildman–Crippen LogP) is 3.76. The number of aromatic nitrogens is 5. The van der Waals surface area contributed by atoms with E-state index >= 15 is 0 Å². The van der Waals surface area contributed by atoms with Gasteiger partial charge in [-0.3, -0.25) is 9.48 Å². The molecule has 39 heavy (non-hydrogen) atoms. The molecule has 12 heteroatoms. The van der Waals surface area contributed by atoms with Crippen molar-refractivity contribution in [3.05, 3.63) is 77.8 Å². The van der Waals surface area contributed by atoms with E-state index in [4.69, 9.17) is 5.73 Å². The second-order valence-electron chi connectivity index (χ2n) is 9.76. The SMILES string of the molecule is Cn1ncc2c(N)nc3cc(CN(C(=O)c4cnc(C5CC5)nc4)c4ccc(F)cc4S(C)(=O)=O)ccc3c21. The highest BCUT2D eigenvalue weighted by atomic mass is 32.2. The Labute approximate surface area is 223 Å². The van der Waals surface area contributed by atoms with Crippen LogP contribution >= 0.6 is 0 Å². The minimum Gasteiger partial charge on any atom is -0.383 e. The fourth-order valence-electron chi connectivity index (χ4n) is 4.72. The van der Waals surface area contributed by atoms with E-state index in [0.717, 1.165) is 47.5 Å². The van der Waals surface area contributed by atoms with Gasteiger partial charge in [0.2, 0.25) is 0 Å². The summed E-state index contributed by atoms with van der Waals surface area (Å²) in [5.74, 6) is 0.0539. The molecule has 10 nitrogen and oxygen atoms in total. The molecule has 2 N–H and O–H groups in total. The van der Waals surface area contributed by atoms with E-state index in [1.165, 1.54) is 23.4 Å². The molecule has 0 aliphatic heterocycles. The smallest absolute Gasteiger partial charge is 0.261 e. The van der Waals surface area contributed by atoms with Crippen LogP contribution in [0, 0.1) is 5.82 Å². The van der Waals surface area contributed by atoms with E-state index in [2.05, 4.69) is 20.1 Å². The third kappa shape index (κ3) is 4.56. The van der Waals surface area contributed by atoms with E-state index in [9.17, 15) is 17.6 Å². The number of anilines is 2. The Morgan fingerprint density at radius 1 is 1.10 bits per heavy atom. The number of nitrogen functional groups attached to an aromatic ring is 1. The normalized spacial score (nSPS) is 13.7. The molecule has 0 atom stereocenters. The first-order valence-corrected chi connectivity index (χ1v) is 14.1. The van der Waals surface area contributed by atoms with Gasteiger partial charge in [-0.15, -0.1) is 0 Å². The number of hydrogen-bond donors (Lipinski definition) is 1. The topological polar surface area (TPSA) is 137 Å². The number of carbonyl (C=O) groups is 1. The molecule has 6 rings (SSSR count). The first-order chi connectivity index (χ1) is 18.6. The lowest BCUT2D eigenvalue weighted by molar-refractivity contribution is 0.0984.